The lowest BCUT2D eigenvalue weighted by atomic mass is 10.1. The molecule has 1 N–H and O–H groups in total. The highest BCUT2D eigenvalue weighted by molar-refractivity contribution is 7.14. The van der Waals surface area contributed by atoms with Crippen LogP contribution in [0.15, 0.2) is 29.6 Å². The second kappa shape index (κ2) is 5.98. The number of alkyl halides is 1. The zero-order valence-corrected chi connectivity index (χ0v) is 11.5. The standard InChI is InChI=1S/C13H13ClN2OS/c1-2-9-3-5-10(6-4-9)11-8-18-13(15-11)16-12(17)7-14/h3-6,8H,2,7H2,1H3,(H,15,16,17). The van der Waals surface area contributed by atoms with Crippen molar-refractivity contribution >= 4 is 34.0 Å². The molecule has 1 amide bonds. The van der Waals surface area contributed by atoms with Gasteiger partial charge in [-0.2, -0.15) is 0 Å². The number of aryl methyl sites for hydroxylation is 1. The molecule has 0 fully saturated rings. The molecule has 0 aliphatic rings. The molecule has 1 aromatic heterocycles. The van der Waals surface area contributed by atoms with Crippen LogP contribution >= 0.6 is 22.9 Å². The number of halogens is 1. The number of carbonyl (C=O) groups excluding carboxylic acids is 1. The number of hydrogen-bond donors (Lipinski definition) is 1. The third-order valence-corrected chi connectivity index (χ3v) is 3.53. The predicted octanol–water partition coefficient (Wildman–Crippen LogP) is 3.55. The summed E-state index contributed by atoms with van der Waals surface area (Å²) in [5.74, 6) is -0.293. The van der Waals surface area contributed by atoms with Gasteiger partial charge in [0.15, 0.2) is 5.13 Å². The van der Waals surface area contributed by atoms with Gasteiger partial charge < -0.3 is 5.32 Å². The fourth-order valence-electron chi connectivity index (χ4n) is 1.53. The van der Waals surface area contributed by atoms with Crippen molar-refractivity contribution in [2.24, 2.45) is 0 Å². The normalized spacial score (nSPS) is 10.3. The second-order valence-electron chi connectivity index (χ2n) is 3.77. The molecule has 0 aliphatic heterocycles. The number of aromatic nitrogens is 1. The number of nitrogens with zero attached hydrogens (tertiary/aromatic N) is 1. The largest absolute Gasteiger partial charge is 0.301 e. The average molecular weight is 281 g/mol. The lowest BCUT2D eigenvalue weighted by molar-refractivity contribution is -0.113. The van der Waals surface area contributed by atoms with Gasteiger partial charge in [-0.15, -0.1) is 22.9 Å². The first-order chi connectivity index (χ1) is 8.72. The molecule has 0 saturated carbocycles. The van der Waals surface area contributed by atoms with E-state index in [0.29, 0.717) is 5.13 Å². The molecule has 1 heterocycles. The number of nitrogens with one attached hydrogen (secondary N) is 1. The number of anilines is 1. The van der Waals surface area contributed by atoms with Crippen LogP contribution in [0, 0.1) is 0 Å². The molecular formula is C13H13ClN2OS. The predicted molar refractivity (Wildman–Crippen MR) is 76.3 cm³/mol. The topological polar surface area (TPSA) is 42.0 Å². The highest BCUT2D eigenvalue weighted by Gasteiger charge is 2.06. The van der Waals surface area contributed by atoms with Crippen LogP contribution < -0.4 is 5.32 Å². The molecule has 0 radical (unpaired) electrons. The van der Waals surface area contributed by atoms with Gasteiger partial charge in [-0.1, -0.05) is 31.2 Å². The molecule has 1 aromatic carbocycles. The first-order valence-corrected chi connectivity index (χ1v) is 7.05. The van der Waals surface area contributed by atoms with E-state index in [0.717, 1.165) is 17.7 Å². The van der Waals surface area contributed by atoms with E-state index in [4.69, 9.17) is 11.6 Å². The van der Waals surface area contributed by atoms with Crippen molar-refractivity contribution in [1.82, 2.24) is 4.98 Å². The summed E-state index contributed by atoms with van der Waals surface area (Å²) in [4.78, 5) is 15.5. The highest BCUT2D eigenvalue weighted by Crippen LogP contribution is 2.25. The molecule has 0 saturated heterocycles. The minimum absolute atomic E-state index is 0.0554. The summed E-state index contributed by atoms with van der Waals surface area (Å²) in [5, 5.41) is 5.14. The van der Waals surface area contributed by atoms with E-state index >= 15 is 0 Å². The van der Waals surface area contributed by atoms with Crippen LogP contribution in [0.2, 0.25) is 0 Å². The van der Waals surface area contributed by atoms with Crippen molar-refractivity contribution in [2.75, 3.05) is 11.2 Å². The third-order valence-electron chi connectivity index (χ3n) is 2.53. The van der Waals surface area contributed by atoms with E-state index in [-0.39, 0.29) is 11.8 Å². The van der Waals surface area contributed by atoms with E-state index in [1.807, 2.05) is 17.5 Å². The number of amides is 1. The minimum atomic E-state index is -0.237. The second-order valence-corrected chi connectivity index (χ2v) is 4.90. The van der Waals surface area contributed by atoms with Crippen LogP contribution in [0.4, 0.5) is 5.13 Å². The number of rotatable bonds is 4. The van der Waals surface area contributed by atoms with Gasteiger partial charge in [0.1, 0.15) is 5.88 Å². The van der Waals surface area contributed by atoms with Gasteiger partial charge >= 0.3 is 0 Å². The van der Waals surface area contributed by atoms with Crippen molar-refractivity contribution in [2.45, 2.75) is 13.3 Å². The van der Waals surface area contributed by atoms with Gasteiger partial charge in [-0.25, -0.2) is 4.98 Å². The number of carbonyl (C=O) groups is 1. The lowest BCUT2D eigenvalue weighted by Crippen LogP contribution is -2.12. The molecule has 5 heteroatoms. The Labute approximate surface area is 115 Å². The Morgan fingerprint density at radius 1 is 1.39 bits per heavy atom. The van der Waals surface area contributed by atoms with Gasteiger partial charge in [-0.3, -0.25) is 4.79 Å². The molecule has 0 aliphatic carbocycles. The molecule has 2 rings (SSSR count). The first kappa shape index (κ1) is 13.1. The molecule has 3 nitrogen and oxygen atoms in total. The smallest absolute Gasteiger partial charge is 0.241 e. The SMILES string of the molecule is CCc1ccc(-c2csc(NC(=O)CCl)n2)cc1. The Kier molecular flexibility index (Phi) is 4.33. The minimum Gasteiger partial charge on any atom is -0.301 e. The monoisotopic (exact) mass is 280 g/mol. The molecule has 0 spiro atoms. The summed E-state index contributed by atoms with van der Waals surface area (Å²) in [7, 11) is 0. The van der Waals surface area contributed by atoms with Crippen molar-refractivity contribution in [1.29, 1.82) is 0 Å². The van der Waals surface area contributed by atoms with E-state index in [1.54, 1.807) is 0 Å². The number of thiazole rings is 1. The molecule has 18 heavy (non-hydrogen) atoms. The first-order valence-electron chi connectivity index (χ1n) is 5.63. The van der Waals surface area contributed by atoms with Gasteiger partial charge in [0.05, 0.1) is 5.69 Å². The van der Waals surface area contributed by atoms with Crippen LogP contribution in [-0.2, 0) is 11.2 Å². The van der Waals surface area contributed by atoms with Crippen LogP contribution in [0.5, 0.6) is 0 Å². The summed E-state index contributed by atoms with van der Waals surface area (Å²) in [6, 6.07) is 8.26. The maximum Gasteiger partial charge on any atom is 0.241 e. The molecule has 94 valence electrons. The zero-order chi connectivity index (χ0) is 13.0. The molecule has 0 atom stereocenters. The van der Waals surface area contributed by atoms with E-state index in [2.05, 4.69) is 29.4 Å². The molecule has 0 unspecified atom stereocenters. The lowest BCUT2D eigenvalue weighted by Gasteiger charge is -1.99. The van der Waals surface area contributed by atoms with Crippen molar-refractivity contribution in [3.63, 3.8) is 0 Å². The zero-order valence-electron chi connectivity index (χ0n) is 9.94. The Hall–Kier alpha value is -1.39. The summed E-state index contributed by atoms with van der Waals surface area (Å²) >= 11 is 6.82. The van der Waals surface area contributed by atoms with Crippen LogP contribution in [-0.4, -0.2) is 16.8 Å². The fraction of sp³-hybridized carbons (Fsp3) is 0.231. The van der Waals surface area contributed by atoms with Crippen LogP contribution in [0.25, 0.3) is 11.3 Å². The van der Waals surface area contributed by atoms with E-state index in [1.165, 1.54) is 16.9 Å². The maximum atomic E-state index is 11.1. The van der Waals surface area contributed by atoms with Crippen molar-refractivity contribution < 1.29 is 4.79 Å². The Morgan fingerprint density at radius 3 is 2.72 bits per heavy atom. The number of benzene rings is 1. The summed E-state index contributed by atoms with van der Waals surface area (Å²) in [6.07, 6.45) is 1.02. The van der Waals surface area contributed by atoms with Gasteiger partial charge in [-0.05, 0) is 12.0 Å². The van der Waals surface area contributed by atoms with Gasteiger partial charge in [0.2, 0.25) is 5.91 Å². The van der Waals surface area contributed by atoms with E-state index in [9.17, 15) is 4.79 Å². The van der Waals surface area contributed by atoms with Crippen LogP contribution in [0.3, 0.4) is 0 Å². The van der Waals surface area contributed by atoms with Crippen molar-refractivity contribution in [3.05, 3.63) is 35.2 Å². The summed E-state index contributed by atoms with van der Waals surface area (Å²) in [6.45, 7) is 2.12. The molecule has 2 aromatic rings. The number of hydrogen-bond acceptors (Lipinski definition) is 3. The van der Waals surface area contributed by atoms with Crippen LogP contribution in [0.1, 0.15) is 12.5 Å². The Bertz CT molecular complexity index is 536. The maximum absolute atomic E-state index is 11.1. The third kappa shape index (κ3) is 3.09. The summed E-state index contributed by atoms with van der Waals surface area (Å²) in [5.41, 5.74) is 3.21. The Balaban J connectivity index is 2.15. The highest BCUT2D eigenvalue weighted by atomic mass is 35.5. The van der Waals surface area contributed by atoms with E-state index < -0.39 is 0 Å². The Morgan fingerprint density at radius 2 is 2.11 bits per heavy atom. The quantitative estimate of drug-likeness (QED) is 0.870. The van der Waals surface area contributed by atoms with Crippen molar-refractivity contribution in [3.8, 4) is 11.3 Å². The average Bonchev–Trinajstić information content (AvgIpc) is 2.87. The fourth-order valence-corrected chi connectivity index (χ4v) is 2.33. The van der Waals surface area contributed by atoms with Gasteiger partial charge in [0.25, 0.3) is 0 Å². The summed E-state index contributed by atoms with van der Waals surface area (Å²) < 4.78 is 0. The van der Waals surface area contributed by atoms with Gasteiger partial charge in [0, 0.05) is 10.9 Å². The molecule has 0 bridgehead atoms. The molecular weight excluding hydrogens is 268 g/mol.